The van der Waals surface area contributed by atoms with Crippen LogP contribution >= 0.6 is 0 Å². The monoisotopic (exact) mass is 441 g/mol. The van der Waals surface area contributed by atoms with Gasteiger partial charge in [0.2, 0.25) is 11.9 Å². The second-order valence-electron chi connectivity index (χ2n) is 8.29. The van der Waals surface area contributed by atoms with E-state index in [-0.39, 0.29) is 18.2 Å². The van der Waals surface area contributed by atoms with Gasteiger partial charge in [0.25, 0.3) is 5.91 Å². The minimum atomic E-state index is -0.0883. The molecule has 3 heterocycles. The van der Waals surface area contributed by atoms with Crippen LogP contribution in [-0.2, 0) is 11.2 Å². The molecule has 2 aliphatic heterocycles. The third kappa shape index (κ3) is 4.85. The number of nitrogens with zero attached hydrogens (tertiary/aromatic N) is 3. The highest BCUT2D eigenvalue weighted by Crippen LogP contribution is 2.32. The molecule has 2 aliphatic rings. The minimum Gasteiger partial charge on any atom is -0.659 e. The van der Waals surface area contributed by atoms with E-state index in [1.807, 2.05) is 36.4 Å². The molecule has 2 aromatic carbocycles. The van der Waals surface area contributed by atoms with Gasteiger partial charge >= 0.3 is 0 Å². The lowest BCUT2D eigenvalue weighted by Crippen LogP contribution is -2.26. The zero-order chi connectivity index (χ0) is 22.6. The second kappa shape index (κ2) is 9.38. The van der Waals surface area contributed by atoms with E-state index in [2.05, 4.69) is 31.2 Å². The molecule has 168 valence electrons. The van der Waals surface area contributed by atoms with Gasteiger partial charge in [0, 0.05) is 35.1 Å². The maximum absolute atomic E-state index is 12.4. The Balaban J connectivity index is 1.26. The maximum atomic E-state index is 12.4. The first-order chi connectivity index (χ1) is 16.2. The fourth-order valence-electron chi connectivity index (χ4n) is 4.21. The maximum Gasteiger partial charge on any atom is 0.251 e. The second-order valence-corrected chi connectivity index (χ2v) is 8.29. The van der Waals surface area contributed by atoms with E-state index >= 15 is 0 Å². The topological polar surface area (TPSA) is 110 Å². The van der Waals surface area contributed by atoms with Crippen LogP contribution in [0.5, 0.6) is 0 Å². The lowest BCUT2D eigenvalue weighted by atomic mass is 10.1. The molecule has 33 heavy (non-hydrogen) atoms. The average molecular weight is 442 g/mol. The predicted molar refractivity (Wildman–Crippen MR) is 128 cm³/mol. The van der Waals surface area contributed by atoms with Crippen molar-refractivity contribution >= 4 is 29.1 Å². The van der Waals surface area contributed by atoms with E-state index in [0.717, 1.165) is 54.0 Å². The van der Waals surface area contributed by atoms with Crippen LogP contribution in [-0.4, -0.2) is 40.9 Å². The van der Waals surface area contributed by atoms with Crippen LogP contribution in [0.2, 0.25) is 0 Å². The fraction of sp³-hybridized carbons (Fsp3) is 0.280. The standard InChI is InChI=1S/C25H25N6O2/c32-22-14-17-15-28-25(31-23(17)20-5-1-2-6-21(20)30-22)29-19-9-7-16(8-10-19)24(33)27-13-11-18-4-3-12-26-18/h1-2,5-10,15,18H,3-4,11-14H2,(H,27,33)(H,30,32)(H,28,29,31)/q-1. The van der Waals surface area contributed by atoms with Crippen LogP contribution in [0.1, 0.15) is 35.2 Å². The van der Waals surface area contributed by atoms with Gasteiger partial charge in [-0.3, -0.25) is 9.59 Å². The molecule has 0 spiro atoms. The Labute approximate surface area is 192 Å². The Bertz CT molecular complexity index is 1170. The van der Waals surface area contributed by atoms with Gasteiger partial charge in [0.05, 0.1) is 17.8 Å². The number of carbonyl (C=O) groups excluding carboxylic acids is 2. The van der Waals surface area contributed by atoms with Gasteiger partial charge in [-0.15, -0.1) is 12.6 Å². The van der Waals surface area contributed by atoms with Crippen molar-refractivity contribution in [3.63, 3.8) is 0 Å². The summed E-state index contributed by atoms with van der Waals surface area (Å²) < 4.78 is 0. The number of carbonyl (C=O) groups is 2. The molecule has 3 N–H and O–H groups in total. The van der Waals surface area contributed by atoms with E-state index in [4.69, 9.17) is 0 Å². The van der Waals surface area contributed by atoms with Crippen molar-refractivity contribution in [2.45, 2.75) is 31.7 Å². The number of fused-ring (bicyclic) bond motifs is 3. The summed E-state index contributed by atoms with van der Waals surface area (Å²) >= 11 is 0. The first-order valence-electron chi connectivity index (χ1n) is 11.2. The van der Waals surface area contributed by atoms with Crippen molar-refractivity contribution in [2.24, 2.45) is 0 Å². The zero-order valence-corrected chi connectivity index (χ0v) is 18.2. The van der Waals surface area contributed by atoms with E-state index in [9.17, 15) is 9.59 Å². The molecular formula is C25H25N6O2-. The normalized spacial score (nSPS) is 16.8. The molecule has 5 rings (SSSR count). The first kappa shape index (κ1) is 21.1. The molecule has 3 aromatic rings. The van der Waals surface area contributed by atoms with Crippen LogP contribution in [0.3, 0.4) is 0 Å². The molecule has 0 radical (unpaired) electrons. The van der Waals surface area contributed by atoms with Crippen LogP contribution in [0.15, 0.2) is 54.7 Å². The summed E-state index contributed by atoms with van der Waals surface area (Å²) in [6.07, 6.45) is 5.08. The predicted octanol–water partition coefficient (Wildman–Crippen LogP) is 4.04. The van der Waals surface area contributed by atoms with E-state index in [1.165, 1.54) is 0 Å². The summed E-state index contributed by atoms with van der Waals surface area (Å²) in [7, 11) is 0. The summed E-state index contributed by atoms with van der Waals surface area (Å²) in [6.45, 7) is 1.58. The van der Waals surface area contributed by atoms with E-state index < -0.39 is 0 Å². The lowest BCUT2D eigenvalue weighted by molar-refractivity contribution is -0.115. The molecule has 0 aliphatic carbocycles. The largest absolute Gasteiger partial charge is 0.659 e. The number of amides is 2. The number of hydrogen-bond acceptors (Lipinski definition) is 5. The highest BCUT2D eigenvalue weighted by molar-refractivity contribution is 6.00. The van der Waals surface area contributed by atoms with Crippen LogP contribution < -0.4 is 16.0 Å². The number of rotatable bonds is 6. The van der Waals surface area contributed by atoms with Crippen molar-refractivity contribution in [1.82, 2.24) is 15.3 Å². The average Bonchev–Trinajstić information content (AvgIpc) is 3.29. The number of aromatic nitrogens is 2. The van der Waals surface area contributed by atoms with Crippen LogP contribution in [0.4, 0.5) is 17.3 Å². The third-order valence-corrected chi connectivity index (χ3v) is 5.92. The minimum absolute atomic E-state index is 0.0861. The van der Waals surface area contributed by atoms with Crippen molar-refractivity contribution in [3.05, 3.63) is 71.2 Å². The highest BCUT2D eigenvalue weighted by atomic mass is 16.2. The number of anilines is 3. The summed E-state index contributed by atoms with van der Waals surface area (Å²) in [6, 6.07) is 15.2. The third-order valence-electron chi connectivity index (χ3n) is 5.92. The Kier molecular flexibility index (Phi) is 5.99. The molecule has 1 aromatic heterocycles. The Hall–Kier alpha value is -3.78. The van der Waals surface area contributed by atoms with Gasteiger partial charge in [0.15, 0.2) is 0 Å². The van der Waals surface area contributed by atoms with Crippen molar-refractivity contribution < 1.29 is 9.59 Å². The summed E-state index contributed by atoms with van der Waals surface area (Å²) in [5, 5.41) is 13.6. The SMILES string of the molecule is O=C1Cc2cnc(Nc3ccc(C(=O)NCCC4CCC[N-]4)cc3)nc2-c2ccccc2N1. The molecule has 1 atom stereocenters. The van der Waals surface area contributed by atoms with E-state index in [0.29, 0.717) is 24.1 Å². The van der Waals surface area contributed by atoms with Gasteiger partial charge in [-0.2, -0.15) is 0 Å². The summed E-state index contributed by atoms with van der Waals surface area (Å²) in [4.78, 5) is 33.6. The lowest BCUT2D eigenvalue weighted by Gasteiger charge is -2.22. The van der Waals surface area contributed by atoms with Gasteiger partial charge in [0.1, 0.15) is 0 Å². The molecule has 2 amide bonds. The summed E-state index contributed by atoms with van der Waals surface area (Å²) in [5.74, 6) is 0.252. The van der Waals surface area contributed by atoms with Crippen molar-refractivity contribution in [3.8, 4) is 11.3 Å². The Morgan fingerprint density at radius 2 is 2.00 bits per heavy atom. The van der Waals surface area contributed by atoms with Gasteiger partial charge < -0.3 is 21.3 Å². The number of nitrogens with one attached hydrogen (secondary N) is 3. The van der Waals surface area contributed by atoms with Crippen LogP contribution in [0.25, 0.3) is 16.6 Å². The molecule has 0 saturated carbocycles. The number of benzene rings is 2. The van der Waals surface area contributed by atoms with E-state index in [1.54, 1.807) is 18.3 Å². The zero-order valence-electron chi connectivity index (χ0n) is 18.2. The molecule has 8 nitrogen and oxygen atoms in total. The van der Waals surface area contributed by atoms with Crippen LogP contribution in [0, 0.1) is 0 Å². The van der Waals surface area contributed by atoms with Crippen molar-refractivity contribution in [2.75, 3.05) is 23.7 Å². The molecule has 1 saturated heterocycles. The highest BCUT2D eigenvalue weighted by Gasteiger charge is 2.20. The van der Waals surface area contributed by atoms with Gasteiger partial charge in [-0.05, 0) is 30.3 Å². The molecular weight excluding hydrogens is 416 g/mol. The molecule has 1 fully saturated rings. The molecule has 8 heteroatoms. The molecule has 0 bridgehead atoms. The fourth-order valence-corrected chi connectivity index (χ4v) is 4.21. The van der Waals surface area contributed by atoms with Crippen molar-refractivity contribution in [1.29, 1.82) is 0 Å². The number of para-hydroxylation sites is 1. The Morgan fingerprint density at radius 1 is 1.15 bits per heavy atom. The van der Waals surface area contributed by atoms with Gasteiger partial charge in [-0.25, -0.2) is 9.97 Å². The first-order valence-corrected chi connectivity index (χ1v) is 11.2. The summed E-state index contributed by atoms with van der Waals surface area (Å²) in [5.41, 5.74) is 4.48. The molecule has 1 unspecified atom stereocenters. The van der Waals surface area contributed by atoms with Gasteiger partial charge in [-0.1, -0.05) is 37.5 Å². The number of hydrogen-bond donors (Lipinski definition) is 3. The smallest absolute Gasteiger partial charge is 0.251 e. The quantitative estimate of drug-likeness (QED) is 0.535. The Morgan fingerprint density at radius 3 is 2.82 bits per heavy atom.